The van der Waals surface area contributed by atoms with Crippen LogP contribution in [0.25, 0.3) is 15.9 Å². The van der Waals surface area contributed by atoms with E-state index in [2.05, 4.69) is 25.4 Å². The summed E-state index contributed by atoms with van der Waals surface area (Å²) in [7, 11) is 0. The molecule has 1 aliphatic heterocycles. The van der Waals surface area contributed by atoms with Crippen LogP contribution in [0, 0.1) is 0 Å². The van der Waals surface area contributed by atoms with Gasteiger partial charge in [-0.3, -0.25) is 4.79 Å². The summed E-state index contributed by atoms with van der Waals surface area (Å²) >= 11 is 8.14. The summed E-state index contributed by atoms with van der Waals surface area (Å²) in [4.78, 5) is 28.8. The van der Waals surface area contributed by atoms with Crippen LogP contribution >= 0.6 is 22.9 Å². The second-order valence-electron chi connectivity index (χ2n) is 7.90. The lowest BCUT2D eigenvalue weighted by Gasteiger charge is -2.25. The molecule has 1 aromatic carbocycles. The lowest BCUT2D eigenvalue weighted by atomic mass is 10.0. The number of nitrogens with one attached hydrogen (secondary N) is 1. The van der Waals surface area contributed by atoms with Crippen molar-refractivity contribution in [2.45, 2.75) is 19.9 Å². The third kappa shape index (κ3) is 3.70. The molecule has 0 unspecified atom stereocenters. The van der Waals surface area contributed by atoms with Gasteiger partial charge in [-0.05, 0) is 42.3 Å². The summed E-state index contributed by atoms with van der Waals surface area (Å²) in [6.07, 6.45) is 5.56. The monoisotopic (exact) mass is 491 g/mol. The quantitative estimate of drug-likeness (QED) is 0.384. The zero-order valence-corrected chi connectivity index (χ0v) is 19.6. The number of rotatable bonds is 4. The standard InChI is InChI=1S/C23H18ClN7O2S/c1-13(32)30-7-6-16-19(10-30)34-23-21(16)22(26-11-27-23)29-14-2-4-18(17(24)8-14)33-15-3-5-20-25-12-28-31(20)9-15/h2-5,8-9,11-12H,6-7,10H2,1H3,(H,26,27,29). The van der Waals surface area contributed by atoms with Crippen molar-refractivity contribution in [2.75, 3.05) is 11.9 Å². The van der Waals surface area contributed by atoms with Crippen LogP contribution in [0.5, 0.6) is 11.5 Å². The molecule has 11 heteroatoms. The Labute approximate surface area is 203 Å². The van der Waals surface area contributed by atoms with Crippen LogP contribution in [0.2, 0.25) is 5.02 Å². The van der Waals surface area contributed by atoms with Crippen molar-refractivity contribution in [2.24, 2.45) is 0 Å². The highest BCUT2D eigenvalue weighted by Gasteiger charge is 2.25. The van der Waals surface area contributed by atoms with Crippen molar-refractivity contribution < 1.29 is 9.53 Å². The molecule has 0 radical (unpaired) electrons. The highest BCUT2D eigenvalue weighted by molar-refractivity contribution is 7.19. The maximum absolute atomic E-state index is 11.8. The van der Waals surface area contributed by atoms with E-state index in [0.29, 0.717) is 29.6 Å². The molecule has 0 atom stereocenters. The number of nitrogens with zero attached hydrogens (tertiary/aromatic N) is 6. The Morgan fingerprint density at radius 2 is 2.09 bits per heavy atom. The van der Waals surface area contributed by atoms with Crippen LogP contribution < -0.4 is 10.1 Å². The Morgan fingerprint density at radius 1 is 1.18 bits per heavy atom. The summed E-state index contributed by atoms with van der Waals surface area (Å²) in [5.74, 6) is 1.94. The summed E-state index contributed by atoms with van der Waals surface area (Å²) in [5.41, 5.74) is 2.72. The van der Waals surface area contributed by atoms with Crippen molar-refractivity contribution >= 4 is 56.2 Å². The molecule has 5 heterocycles. The number of ether oxygens (including phenoxy) is 1. The molecule has 170 valence electrons. The molecule has 0 saturated carbocycles. The molecule has 6 rings (SSSR count). The van der Waals surface area contributed by atoms with Gasteiger partial charge in [-0.1, -0.05) is 11.6 Å². The SMILES string of the molecule is CC(=O)N1CCc2c(sc3ncnc(Nc4ccc(Oc5ccc6ncnn6c5)c(Cl)c4)c23)C1. The minimum absolute atomic E-state index is 0.0886. The smallest absolute Gasteiger partial charge is 0.219 e. The fraction of sp³-hybridized carbons (Fsp3) is 0.174. The van der Waals surface area contributed by atoms with E-state index in [4.69, 9.17) is 16.3 Å². The number of thiophene rings is 1. The summed E-state index contributed by atoms with van der Waals surface area (Å²) in [6, 6.07) is 9.14. The van der Waals surface area contributed by atoms with E-state index in [0.717, 1.165) is 38.7 Å². The number of amides is 1. The molecule has 5 aromatic rings. The molecule has 9 nitrogen and oxygen atoms in total. The number of fused-ring (bicyclic) bond motifs is 4. The van der Waals surface area contributed by atoms with Gasteiger partial charge in [-0.2, -0.15) is 5.10 Å². The van der Waals surface area contributed by atoms with Crippen LogP contribution in [0.3, 0.4) is 0 Å². The van der Waals surface area contributed by atoms with Gasteiger partial charge in [0.05, 0.1) is 23.2 Å². The lowest BCUT2D eigenvalue weighted by molar-refractivity contribution is -0.129. The maximum atomic E-state index is 11.8. The van der Waals surface area contributed by atoms with Gasteiger partial charge in [0.1, 0.15) is 34.8 Å². The van der Waals surface area contributed by atoms with Crippen molar-refractivity contribution in [1.29, 1.82) is 0 Å². The molecule has 34 heavy (non-hydrogen) atoms. The first kappa shape index (κ1) is 20.8. The molecule has 0 fully saturated rings. The van der Waals surface area contributed by atoms with Crippen LogP contribution in [0.15, 0.2) is 49.2 Å². The molecule has 1 aliphatic rings. The van der Waals surface area contributed by atoms with Gasteiger partial charge in [0, 0.05) is 24.0 Å². The van der Waals surface area contributed by atoms with E-state index < -0.39 is 0 Å². The second-order valence-corrected chi connectivity index (χ2v) is 9.39. The first-order valence-corrected chi connectivity index (χ1v) is 11.8. The van der Waals surface area contributed by atoms with Gasteiger partial charge in [-0.15, -0.1) is 11.3 Å². The molecule has 4 aromatic heterocycles. The molecule has 0 aliphatic carbocycles. The number of halogens is 1. The third-order valence-electron chi connectivity index (χ3n) is 5.75. The number of hydrogen-bond donors (Lipinski definition) is 1. The predicted octanol–water partition coefficient (Wildman–Crippen LogP) is 4.83. The molecular weight excluding hydrogens is 474 g/mol. The average molecular weight is 492 g/mol. The first-order valence-electron chi connectivity index (χ1n) is 10.6. The second kappa shape index (κ2) is 8.23. The molecule has 1 N–H and O–H groups in total. The van der Waals surface area contributed by atoms with Crippen LogP contribution in [0.4, 0.5) is 11.5 Å². The Morgan fingerprint density at radius 3 is 2.94 bits per heavy atom. The number of carbonyl (C=O) groups excluding carboxylic acids is 1. The molecule has 0 bridgehead atoms. The van der Waals surface area contributed by atoms with Gasteiger partial charge in [0.15, 0.2) is 5.65 Å². The van der Waals surface area contributed by atoms with Gasteiger partial charge in [-0.25, -0.2) is 19.5 Å². The van der Waals surface area contributed by atoms with Crippen molar-refractivity contribution in [1.82, 2.24) is 29.5 Å². The van der Waals surface area contributed by atoms with E-state index in [1.165, 1.54) is 11.9 Å². The van der Waals surface area contributed by atoms with Crippen molar-refractivity contribution in [3.63, 3.8) is 0 Å². The fourth-order valence-corrected chi connectivity index (χ4v) is 5.50. The topological polar surface area (TPSA) is 97.5 Å². The molecule has 0 saturated heterocycles. The minimum atomic E-state index is 0.0886. The van der Waals surface area contributed by atoms with Crippen molar-refractivity contribution in [3.8, 4) is 11.5 Å². The number of carbonyl (C=O) groups is 1. The van der Waals surface area contributed by atoms with E-state index in [1.54, 1.807) is 41.4 Å². The number of hydrogen-bond acceptors (Lipinski definition) is 8. The van der Waals surface area contributed by atoms with Gasteiger partial charge < -0.3 is 15.0 Å². The Hall–Kier alpha value is -3.76. The summed E-state index contributed by atoms with van der Waals surface area (Å²) < 4.78 is 7.58. The number of benzene rings is 1. The van der Waals surface area contributed by atoms with Gasteiger partial charge in [0.25, 0.3) is 0 Å². The highest BCUT2D eigenvalue weighted by atomic mass is 35.5. The molecule has 0 spiro atoms. The number of anilines is 2. The maximum Gasteiger partial charge on any atom is 0.219 e. The summed E-state index contributed by atoms with van der Waals surface area (Å²) in [6.45, 7) is 2.92. The highest BCUT2D eigenvalue weighted by Crippen LogP contribution is 2.39. The zero-order valence-electron chi connectivity index (χ0n) is 18.0. The zero-order chi connectivity index (χ0) is 23.2. The Kier molecular flexibility index (Phi) is 5.04. The minimum Gasteiger partial charge on any atom is -0.454 e. The lowest BCUT2D eigenvalue weighted by Crippen LogP contribution is -2.33. The third-order valence-corrected chi connectivity index (χ3v) is 7.17. The predicted molar refractivity (Wildman–Crippen MR) is 130 cm³/mol. The molecular formula is C23H18ClN7O2S. The first-order chi connectivity index (χ1) is 16.5. The van der Waals surface area contributed by atoms with Crippen LogP contribution in [-0.2, 0) is 17.8 Å². The normalized spacial score (nSPS) is 13.3. The Balaban J connectivity index is 1.27. The van der Waals surface area contributed by atoms with Gasteiger partial charge in [0.2, 0.25) is 5.91 Å². The van der Waals surface area contributed by atoms with Crippen molar-refractivity contribution in [3.05, 3.63) is 64.6 Å². The van der Waals surface area contributed by atoms with E-state index >= 15 is 0 Å². The number of pyridine rings is 1. The van der Waals surface area contributed by atoms with E-state index in [1.807, 2.05) is 29.2 Å². The number of aromatic nitrogens is 5. The van der Waals surface area contributed by atoms with E-state index in [-0.39, 0.29) is 5.91 Å². The summed E-state index contributed by atoms with van der Waals surface area (Å²) in [5, 5.41) is 8.96. The fourth-order valence-electron chi connectivity index (χ4n) is 4.07. The van der Waals surface area contributed by atoms with Gasteiger partial charge >= 0.3 is 0 Å². The van der Waals surface area contributed by atoms with Crippen LogP contribution in [0.1, 0.15) is 17.4 Å². The Bertz CT molecular complexity index is 1560. The van der Waals surface area contributed by atoms with E-state index in [9.17, 15) is 4.79 Å². The van der Waals surface area contributed by atoms with Crippen LogP contribution in [-0.4, -0.2) is 41.9 Å². The average Bonchev–Trinajstić information content (AvgIpc) is 3.44. The molecule has 1 amide bonds. The largest absolute Gasteiger partial charge is 0.454 e.